The third-order valence-corrected chi connectivity index (χ3v) is 5.54. The molecule has 0 aromatic heterocycles. The lowest BCUT2D eigenvalue weighted by atomic mass is 9.80. The van der Waals surface area contributed by atoms with E-state index in [0.29, 0.717) is 11.3 Å². The van der Waals surface area contributed by atoms with Crippen molar-refractivity contribution < 1.29 is 9.72 Å². The van der Waals surface area contributed by atoms with E-state index in [1.807, 2.05) is 18.2 Å². The predicted molar refractivity (Wildman–Crippen MR) is 93.8 cm³/mol. The lowest BCUT2D eigenvalue weighted by molar-refractivity contribution is -0.384. The summed E-state index contributed by atoms with van der Waals surface area (Å²) in [5.74, 6) is -0.144. The monoisotopic (exact) mass is 336 g/mol. The molecule has 25 heavy (non-hydrogen) atoms. The molecule has 5 rings (SSSR count). The van der Waals surface area contributed by atoms with Crippen LogP contribution >= 0.6 is 0 Å². The number of rotatable bonds is 1. The average molecular weight is 336 g/mol. The first-order valence-corrected chi connectivity index (χ1v) is 8.35. The predicted octanol–water partition coefficient (Wildman–Crippen LogP) is 2.84. The summed E-state index contributed by atoms with van der Waals surface area (Å²) in [5, 5.41) is 17.6. The maximum Gasteiger partial charge on any atom is 0.269 e. The molecule has 0 bridgehead atoms. The lowest BCUT2D eigenvalue weighted by Gasteiger charge is -2.46. The van der Waals surface area contributed by atoms with Crippen LogP contribution in [-0.2, 0) is 10.3 Å². The fraction of sp³-hybridized carbons (Fsp3) is 0.278. The first-order chi connectivity index (χ1) is 12.1. The Bertz CT molecular complexity index is 928. The van der Waals surface area contributed by atoms with Gasteiger partial charge in [0.25, 0.3) is 11.6 Å². The minimum absolute atomic E-state index is 0.000157. The molecule has 126 valence electrons. The van der Waals surface area contributed by atoms with Gasteiger partial charge in [-0.3, -0.25) is 14.9 Å². The molecule has 7 heteroatoms. The van der Waals surface area contributed by atoms with E-state index in [9.17, 15) is 14.9 Å². The fourth-order valence-corrected chi connectivity index (χ4v) is 4.51. The van der Waals surface area contributed by atoms with Gasteiger partial charge in [-0.25, -0.2) is 0 Å². The van der Waals surface area contributed by atoms with Crippen molar-refractivity contribution in [3.05, 3.63) is 58.1 Å². The van der Waals surface area contributed by atoms with Gasteiger partial charge in [0.15, 0.2) is 5.54 Å². The molecular formula is C18H16N4O3. The Kier molecular flexibility index (Phi) is 2.69. The quantitative estimate of drug-likeness (QED) is 0.618. The van der Waals surface area contributed by atoms with E-state index in [2.05, 4.69) is 21.6 Å². The van der Waals surface area contributed by atoms with Crippen molar-refractivity contribution in [3.63, 3.8) is 0 Å². The van der Waals surface area contributed by atoms with E-state index in [1.54, 1.807) is 6.07 Å². The molecule has 2 atom stereocenters. The van der Waals surface area contributed by atoms with Crippen LogP contribution in [0.4, 0.5) is 22.7 Å². The summed E-state index contributed by atoms with van der Waals surface area (Å²) >= 11 is 0. The largest absolute Gasteiger partial charge is 0.364 e. The number of nitrogens with zero attached hydrogens (tertiary/aromatic N) is 2. The third kappa shape index (κ3) is 1.72. The molecule has 3 heterocycles. The number of non-ortho nitro benzene ring substituents is 1. The maximum absolute atomic E-state index is 13.1. The van der Waals surface area contributed by atoms with Gasteiger partial charge < -0.3 is 15.5 Å². The second kappa shape index (κ2) is 4.72. The summed E-state index contributed by atoms with van der Waals surface area (Å²) in [6.45, 7) is 0.878. The van der Waals surface area contributed by atoms with E-state index < -0.39 is 10.5 Å². The number of amides is 1. The second-order valence-corrected chi connectivity index (χ2v) is 6.74. The summed E-state index contributed by atoms with van der Waals surface area (Å²) in [6.07, 6.45) is 1.84. The highest BCUT2D eigenvalue weighted by atomic mass is 16.6. The highest BCUT2D eigenvalue weighted by Crippen LogP contribution is 2.52. The van der Waals surface area contributed by atoms with Crippen molar-refractivity contribution in [2.75, 3.05) is 22.1 Å². The Balaban J connectivity index is 1.75. The Morgan fingerprint density at radius 3 is 2.88 bits per heavy atom. The Hall–Kier alpha value is -3.09. The van der Waals surface area contributed by atoms with Gasteiger partial charge in [-0.05, 0) is 31.0 Å². The number of benzene rings is 2. The summed E-state index contributed by atoms with van der Waals surface area (Å²) in [4.78, 5) is 26.2. The van der Waals surface area contributed by atoms with Crippen LogP contribution in [0.3, 0.4) is 0 Å². The van der Waals surface area contributed by atoms with Crippen molar-refractivity contribution in [1.82, 2.24) is 0 Å². The van der Waals surface area contributed by atoms with Crippen LogP contribution in [0.5, 0.6) is 0 Å². The highest BCUT2D eigenvalue weighted by Gasteiger charge is 2.58. The average Bonchev–Trinajstić information content (AvgIpc) is 3.20. The zero-order valence-corrected chi connectivity index (χ0v) is 13.4. The molecule has 1 fully saturated rings. The number of nitro benzene ring substituents is 1. The summed E-state index contributed by atoms with van der Waals surface area (Å²) in [6, 6.07) is 12.4. The van der Waals surface area contributed by atoms with Gasteiger partial charge in [-0.15, -0.1) is 0 Å². The number of nitrogens with one attached hydrogen (secondary N) is 2. The standard InChI is InChI=1S/C18H16N4O3/c23-17-18(12-10-11(22(24)25)7-8-13(12)19-17)16-6-3-9-21(16)15-5-2-1-4-14(15)20-18/h1-2,4-5,7-8,10,16,20H,3,6,9H2,(H,19,23). The van der Waals surface area contributed by atoms with Crippen LogP contribution in [0.15, 0.2) is 42.5 Å². The van der Waals surface area contributed by atoms with Crippen molar-refractivity contribution in [2.45, 2.75) is 24.4 Å². The van der Waals surface area contributed by atoms with Gasteiger partial charge in [0, 0.05) is 29.9 Å². The van der Waals surface area contributed by atoms with Crippen LogP contribution in [0.2, 0.25) is 0 Å². The number of hydrogen-bond acceptors (Lipinski definition) is 5. The fourth-order valence-electron chi connectivity index (χ4n) is 4.51. The molecule has 0 saturated carbocycles. The molecule has 3 aliphatic heterocycles. The maximum atomic E-state index is 13.1. The molecule has 1 amide bonds. The number of carbonyl (C=O) groups excluding carboxylic acids is 1. The summed E-state index contributed by atoms with van der Waals surface area (Å²) < 4.78 is 0. The number of carbonyl (C=O) groups is 1. The van der Waals surface area contributed by atoms with Gasteiger partial charge in [-0.2, -0.15) is 0 Å². The molecule has 0 aliphatic carbocycles. The Morgan fingerprint density at radius 1 is 1.20 bits per heavy atom. The molecule has 7 nitrogen and oxygen atoms in total. The van der Waals surface area contributed by atoms with E-state index in [-0.39, 0.29) is 17.6 Å². The smallest absolute Gasteiger partial charge is 0.269 e. The molecule has 3 aliphatic rings. The van der Waals surface area contributed by atoms with Crippen LogP contribution in [-0.4, -0.2) is 23.4 Å². The third-order valence-electron chi connectivity index (χ3n) is 5.54. The topological polar surface area (TPSA) is 87.5 Å². The summed E-state index contributed by atoms with van der Waals surface area (Å²) in [5.41, 5.74) is 2.29. The number of para-hydroxylation sites is 2. The first kappa shape index (κ1) is 14.3. The molecular weight excluding hydrogens is 320 g/mol. The van der Waals surface area contributed by atoms with Gasteiger partial charge in [0.05, 0.1) is 22.3 Å². The number of nitro groups is 1. The van der Waals surface area contributed by atoms with E-state index in [1.165, 1.54) is 12.1 Å². The normalized spacial score (nSPS) is 25.8. The molecule has 2 aromatic rings. The van der Waals surface area contributed by atoms with E-state index in [4.69, 9.17) is 0 Å². The molecule has 2 aromatic carbocycles. The molecule has 2 unspecified atom stereocenters. The number of anilines is 3. The molecule has 1 spiro atoms. The zero-order chi connectivity index (χ0) is 17.2. The van der Waals surface area contributed by atoms with Gasteiger partial charge in [-0.1, -0.05) is 12.1 Å². The molecule has 0 radical (unpaired) electrons. The van der Waals surface area contributed by atoms with Gasteiger partial charge >= 0.3 is 0 Å². The minimum atomic E-state index is -0.994. The Labute approximate surface area is 143 Å². The SMILES string of the molecule is O=C1Nc2ccc([N+](=O)[O-])cc2C12Nc1ccccc1N1CCCC12. The first-order valence-electron chi connectivity index (χ1n) is 8.35. The van der Waals surface area contributed by atoms with Crippen molar-refractivity contribution in [2.24, 2.45) is 0 Å². The van der Waals surface area contributed by atoms with Crippen LogP contribution in [0, 0.1) is 10.1 Å². The van der Waals surface area contributed by atoms with Gasteiger partial charge in [0.2, 0.25) is 0 Å². The van der Waals surface area contributed by atoms with Crippen molar-refractivity contribution in [3.8, 4) is 0 Å². The Morgan fingerprint density at radius 2 is 2.04 bits per heavy atom. The van der Waals surface area contributed by atoms with E-state index in [0.717, 1.165) is 30.8 Å². The van der Waals surface area contributed by atoms with Crippen LogP contribution in [0.1, 0.15) is 18.4 Å². The zero-order valence-electron chi connectivity index (χ0n) is 13.4. The molecule has 2 N–H and O–H groups in total. The van der Waals surface area contributed by atoms with E-state index >= 15 is 0 Å². The van der Waals surface area contributed by atoms with Gasteiger partial charge in [0.1, 0.15) is 0 Å². The van der Waals surface area contributed by atoms with Crippen molar-refractivity contribution >= 4 is 28.7 Å². The lowest BCUT2D eigenvalue weighted by Crippen LogP contribution is -2.59. The number of fused-ring (bicyclic) bond motifs is 6. The van der Waals surface area contributed by atoms with Crippen LogP contribution in [0.25, 0.3) is 0 Å². The minimum Gasteiger partial charge on any atom is -0.364 e. The van der Waals surface area contributed by atoms with Crippen LogP contribution < -0.4 is 15.5 Å². The number of hydrogen-bond donors (Lipinski definition) is 2. The summed E-state index contributed by atoms with van der Waals surface area (Å²) in [7, 11) is 0. The molecule has 1 saturated heterocycles. The second-order valence-electron chi connectivity index (χ2n) is 6.74. The highest BCUT2D eigenvalue weighted by molar-refractivity contribution is 6.10. The van der Waals surface area contributed by atoms with Crippen molar-refractivity contribution in [1.29, 1.82) is 0 Å².